The molecule has 0 fully saturated rings. The van der Waals surface area contributed by atoms with E-state index in [1.807, 2.05) is 0 Å². The summed E-state index contributed by atoms with van der Waals surface area (Å²) in [4.78, 5) is 0. The highest BCUT2D eigenvalue weighted by Crippen LogP contribution is 2.32. The highest BCUT2D eigenvalue weighted by molar-refractivity contribution is 7.00. The average molecular weight is 631 g/mol. The van der Waals surface area contributed by atoms with Gasteiger partial charge in [-0.3, -0.25) is 0 Å². The predicted molar refractivity (Wildman–Crippen MR) is 211 cm³/mol. The van der Waals surface area contributed by atoms with Crippen molar-refractivity contribution in [1.82, 2.24) is 0 Å². The molecule has 49 heavy (non-hydrogen) atoms. The van der Waals surface area contributed by atoms with Crippen molar-refractivity contribution in [2.24, 2.45) is 0 Å². The molecule has 0 spiro atoms. The molecular weight excluding hydrogens is 591 g/mol. The van der Waals surface area contributed by atoms with E-state index in [4.69, 9.17) is 4.74 Å². The van der Waals surface area contributed by atoms with Gasteiger partial charge in [-0.15, -0.1) is 0 Å². The van der Waals surface area contributed by atoms with Crippen molar-refractivity contribution >= 4 is 28.7 Å². The van der Waals surface area contributed by atoms with Crippen LogP contribution in [0.15, 0.2) is 188 Å². The molecule has 0 N–H and O–H groups in total. The lowest BCUT2D eigenvalue weighted by Crippen LogP contribution is -2.44. The van der Waals surface area contributed by atoms with Crippen LogP contribution in [0, 0.1) is 6.92 Å². The van der Waals surface area contributed by atoms with Crippen LogP contribution in [0.3, 0.4) is 0 Å². The molecule has 0 saturated heterocycles. The quantitative estimate of drug-likeness (QED) is 0.108. The highest BCUT2D eigenvalue weighted by atomic mass is 16.5. The second kappa shape index (κ2) is 15.0. The monoisotopic (exact) mass is 630 g/mol. The van der Waals surface area contributed by atoms with Crippen molar-refractivity contribution < 1.29 is 4.74 Å². The van der Waals surface area contributed by atoms with Crippen molar-refractivity contribution in [1.29, 1.82) is 0 Å². The Morgan fingerprint density at radius 1 is 0.408 bits per heavy atom. The molecule has 0 atom stereocenters. The molecule has 0 saturated carbocycles. The van der Waals surface area contributed by atoms with E-state index in [-0.39, 0.29) is 6.71 Å². The minimum atomic E-state index is -0.0522. The van der Waals surface area contributed by atoms with Crippen LogP contribution in [0.4, 0.5) is 0 Å². The summed E-state index contributed by atoms with van der Waals surface area (Å²) in [6.45, 7) is 2.57. The maximum absolute atomic E-state index is 6.00. The lowest BCUT2D eigenvalue weighted by Gasteiger charge is -2.25. The van der Waals surface area contributed by atoms with E-state index in [1.54, 1.807) is 7.11 Å². The molecule has 0 unspecified atom stereocenters. The SMILES string of the molecule is COC/C(=C(\B(c1ccc(-c2ccccc2)cc1)c1ccc(-c2ccccc2)cc1)c1ccc(-c2ccccc2)cc1)c1ccc(C)cc1. The maximum atomic E-state index is 6.00. The third kappa shape index (κ3) is 7.26. The topological polar surface area (TPSA) is 9.23 Å². The summed E-state index contributed by atoms with van der Waals surface area (Å²) >= 11 is 0. The van der Waals surface area contributed by atoms with E-state index in [0.29, 0.717) is 6.61 Å². The standard InChI is InChI=1S/C47H39BO/c1-35-18-20-42(21-19-35)46(34-49-2)47(43-24-22-39(23-25-43)36-12-6-3-7-13-36)48(44-30-26-40(27-31-44)37-14-8-4-9-15-37)45-32-28-41(29-33-45)38-16-10-5-11-17-38/h3-33H,34H2,1-2H3/b47-46+. The van der Waals surface area contributed by atoms with Crippen molar-refractivity contribution in [2.45, 2.75) is 6.92 Å². The van der Waals surface area contributed by atoms with Crippen LogP contribution < -0.4 is 10.9 Å². The molecule has 0 heterocycles. The fourth-order valence-corrected chi connectivity index (χ4v) is 6.73. The van der Waals surface area contributed by atoms with Gasteiger partial charge >= 0.3 is 0 Å². The number of ether oxygens (including phenoxy) is 1. The van der Waals surface area contributed by atoms with Gasteiger partial charge in [-0.2, -0.15) is 0 Å². The Kier molecular flexibility index (Phi) is 9.78. The first-order valence-electron chi connectivity index (χ1n) is 16.9. The summed E-state index contributed by atoms with van der Waals surface area (Å²) in [6.07, 6.45) is 0. The zero-order chi connectivity index (χ0) is 33.4. The highest BCUT2D eigenvalue weighted by Gasteiger charge is 2.29. The van der Waals surface area contributed by atoms with E-state index in [0.717, 1.165) is 0 Å². The van der Waals surface area contributed by atoms with Gasteiger partial charge < -0.3 is 4.74 Å². The van der Waals surface area contributed by atoms with Gasteiger partial charge in [-0.05, 0) is 57.0 Å². The zero-order valence-electron chi connectivity index (χ0n) is 28.1. The van der Waals surface area contributed by atoms with E-state index in [1.165, 1.54) is 72.0 Å². The average Bonchev–Trinajstić information content (AvgIpc) is 3.18. The summed E-state index contributed by atoms with van der Waals surface area (Å²) in [5, 5.41) is 0. The molecule has 0 aliphatic heterocycles. The van der Waals surface area contributed by atoms with Crippen molar-refractivity contribution in [2.75, 3.05) is 13.7 Å². The number of hydrogen-bond acceptors (Lipinski definition) is 1. The van der Waals surface area contributed by atoms with Crippen molar-refractivity contribution in [3.8, 4) is 33.4 Å². The minimum absolute atomic E-state index is 0.0522. The summed E-state index contributed by atoms with van der Waals surface area (Å²) < 4.78 is 6.00. The van der Waals surface area contributed by atoms with Gasteiger partial charge in [0.25, 0.3) is 0 Å². The molecule has 0 radical (unpaired) electrons. The van der Waals surface area contributed by atoms with Crippen LogP contribution in [0.1, 0.15) is 16.7 Å². The maximum Gasteiger partial charge on any atom is 0.242 e. The fourth-order valence-electron chi connectivity index (χ4n) is 6.73. The Bertz CT molecular complexity index is 2030. The molecule has 7 aromatic rings. The van der Waals surface area contributed by atoms with Gasteiger partial charge in [0, 0.05) is 7.11 Å². The molecule has 0 aromatic heterocycles. The van der Waals surface area contributed by atoms with Gasteiger partial charge in [0.2, 0.25) is 6.71 Å². The summed E-state index contributed by atoms with van der Waals surface area (Å²) in [5.74, 6) is 0. The first-order valence-corrected chi connectivity index (χ1v) is 16.9. The smallest absolute Gasteiger partial charge is 0.242 e. The molecule has 0 aliphatic carbocycles. The van der Waals surface area contributed by atoms with Crippen LogP contribution >= 0.6 is 0 Å². The predicted octanol–water partition coefficient (Wildman–Crippen LogP) is 10.4. The third-order valence-corrected chi connectivity index (χ3v) is 9.31. The van der Waals surface area contributed by atoms with Crippen molar-refractivity contribution in [3.63, 3.8) is 0 Å². The molecule has 0 bridgehead atoms. The Morgan fingerprint density at radius 2 is 0.755 bits per heavy atom. The van der Waals surface area contributed by atoms with E-state index in [9.17, 15) is 0 Å². The Hall–Kier alpha value is -5.70. The van der Waals surface area contributed by atoms with Crippen LogP contribution in [-0.4, -0.2) is 20.4 Å². The van der Waals surface area contributed by atoms with Gasteiger partial charge in [0.15, 0.2) is 0 Å². The molecule has 2 heteroatoms. The molecule has 1 nitrogen and oxygen atoms in total. The summed E-state index contributed by atoms with van der Waals surface area (Å²) in [6, 6.07) is 67.9. The van der Waals surface area contributed by atoms with E-state index >= 15 is 0 Å². The van der Waals surface area contributed by atoms with Gasteiger partial charge in [-0.1, -0.05) is 210 Å². The number of hydrogen-bond donors (Lipinski definition) is 0. The second-order valence-electron chi connectivity index (χ2n) is 12.5. The number of benzene rings is 7. The van der Waals surface area contributed by atoms with Crippen molar-refractivity contribution in [3.05, 3.63) is 205 Å². The Morgan fingerprint density at radius 3 is 1.14 bits per heavy atom. The van der Waals surface area contributed by atoms with Gasteiger partial charge in [-0.25, -0.2) is 0 Å². The van der Waals surface area contributed by atoms with Gasteiger partial charge in [0.1, 0.15) is 0 Å². The number of methoxy groups -OCH3 is 1. The second-order valence-corrected chi connectivity index (χ2v) is 12.5. The Balaban J connectivity index is 1.44. The molecule has 0 amide bonds. The number of aryl methyl sites for hydroxylation is 1. The fraction of sp³-hybridized carbons (Fsp3) is 0.0638. The van der Waals surface area contributed by atoms with Crippen LogP contribution in [0.5, 0.6) is 0 Å². The number of rotatable bonds is 10. The van der Waals surface area contributed by atoms with Crippen LogP contribution in [0.25, 0.3) is 44.4 Å². The zero-order valence-corrected chi connectivity index (χ0v) is 28.1. The first kappa shape index (κ1) is 31.9. The minimum Gasteiger partial charge on any atom is -0.380 e. The molecule has 236 valence electrons. The molecular formula is C47H39BO. The molecule has 7 aromatic carbocycles. The molecule has 7 rings (SSSR count). The van der Waals surface area contributed by atoms with Crippen LogP contribution in [-0.2, 0) is 4.74 Å². The summed E-state index contributed by atoms with van der Waals surface area (Å²) in [7, 11) is 1.79. The lowest BCUT2D eigenvalue weighted by atomic mass is 9.34. The third-order valence-electron chi connectivity index (χ3n) is 9.31. The molecule has 0 aliphatic rings. The van der Waals surface area contributed by atoms with Gasteiger partial charge in [0.05, 0.1) is 6.61 Å². The van der Waals surface area contributed by atoms with Crippen LogP contribution in [0.2, 0.25) is 0 Å². The van der Waals surface area contributed by atoms with E-state index < -0.39 is 0 Å². The Labute approximate surface area is 291 Å². The largest absolute Gasteiger partial charge is 0.380 e. The lowest BCUT2D eigenvalue weighted by molar-refractivity contribution is 0.240. The summed E-state index contributed by atoms with van der Waals surface area (Å²) in [5.41, 5.74) is 15.7. The van der Waals surface area contributed by atoms with E-state index in [2.05, 4.69) is 195 Å². The first-order chi connectivity index (χ1) is 24.2. The normalized spacial score (nSPS) is 11.6.